The topological polar surface area (TPSA) is 69.0 Å². The Morgan fingerprint density at radius 2 is 2.14 bits per heavy atom. The van der Waals surface area contributed by atoms with Gasteiger partial charge in [-0.15, -0.1) is 0 Å². The van der Waals surface area contributed by atoms with Crippen LogP contribution in [0.15, 0.2) is 36.5 Å². The number of pyridine rings is 1. The van der Waals surface area contributed by atoms with Crippen molar-refractivity contribution in [2.45, 2.75) is 6.92 Å². The van der Waals surface area contributed by atoms with E-state index in [1.54, 1.807) is 42.3 Å². The van der Waals surface area contributed by atoms with Gasteiger partial charge in [0.1, 0.15) is 5.75 Å². The SMILES string of the molecule is COc1cccc(C(=O)Nc2cnc3c(c2)c(C)nn3C)c1. The zero-order valence-corrected chi connectivity index (χ0v) is 12.6. The molecular weight excluding hydrogens is 280 g/mol. The van der Waals surface area contributed by atoms with Crippen LogP contribution in [-0.2, 0) is 7.05 Å². The van der Waals surface area contributed by atoms with Gasteiger partial charge in [0.15, 0.2) is 5.65 Å². The molecule has 2 heterocycles. The molecule has 112 valence electrons. The predicted octanol–water partition coefficient (Wildman–Crippen LogP) is 2.54. The van der Waals surface area contributed by atoms with E-state index in [0.29, 0.717) is 17.0 Å². The third-order valence-corrected chi connectivity index (χ3v) is 3.45. The third kappa shape index (κ3) is 2.50. The molecule has 0 fully saturated rings. The number of methoxy groups -OCH3 is 1. The number of nitrogens with one attached hydrogen (secondary N) is 1. The molecule has 0 aliphatic rings. The molecule has 0 saturated heterocycles. The van der Waals surface area contributed by atoms with Crippen molar-refractivity contribution in [1.29, 1.82) is 0 Å². The molecule has 2 aromatic heterocycles. The molecule has 6 nitrogen and oxygen atoms in total. The lowest BCUT2D eigenvalue weighted by Gasteiger charge is -2.06. The van der Waals surface area contributed by atoms with E-state index in [2.05, 4.69) is 15.4 Å². The number of ether oxygens (including phenoxy) is 1. The second-order valence-electron chi connectivity index (χ2n) is 4.99. The van der Waals surface area contributed by atoms with Gasteiger partial charge in [-0.05, 0) is 31.2 Å². The number of aryl methyl sites for hydroxylation is 2. The van der Waals surface area contributed by atoms with Crippen LogP contribution in [0.1, 0.15) is 16.1 Å². The molecule has 1 N–H and O–H groups in total. The van der Waals surface area contributed by atoms with Crippen molar-refractivity contribution in [3.05, 3.63) is 47.8 Å². The number of fused-ring (bicyclic) bond motifs is 1. The first-order valence-electron chi connectivity index (χ1n) is 6.83. The molecule has 0 bridgehead atoms. The van der Waals surface area contributed by atoms with Crippen LogP contribution in [0.2, 0.25) is 0 Å². The normalized spacial score (nSPS) is 10.7. The second-order valence-corrected chi connectivity index (χ2v) is 4.99. The van der Waals surface area contributed by atoms with Crippen LogP contribution in [0.4, 0.5) is 5.69 Å². The second kappa shape index (κ2) is 5.48. The van der Waals surface area contributed by atoms with Crippen LogP contribution < -0.4 is 10.1 Å². The van der Waals surface area contributed by atoms with Crippen molar-refractivity contribution in [1.82, 2.24) is 14.8 Å². The number of benzene rings is 1. The lowest BCUT2D eigenvalue weighted by Crippen LogP contribution is -2.12. The van der Waals surface area contributed by atoms with Gasteiger partial charge in [-0.2, -0.15) is 5.10 Å². The summed E-state index contributed by atoms with van der Waals surface area (Å²) in [6.07, 6.45) is 1.63. The van der Waals surface area contributed by atoms with Gasteiger partial charge in [0.2, 0.25) is 0 Å². The van der Waals surface area contributed by atoms with E-state index in [0.717, 1.165) is 16.7 Å². The molecule has 1 aromatic carbocycles. The fourth-order valence-corrected chi connectivity index (χ4v) is 2.34. The summed E-state index contributed by atoms with van der Waals surface area (Å²) < 4.78 is 6.85. The lowest BCUT2D eigenvalue weighted by atomic mass is 10.2. The van der Waals surface area contributed by atoms with Crippen LogP contribution in [0, 0.1) is 6.92 Å². The summed E-state index contributed by atoms with van der Waals surface area (Å²) in [7, 11) is 3.41. The molecule has 1 amide bonds. The number of carbonyl (C=O) groups is 1. The maximum absolute atomic E-state index is 12.3. The Morgan fingerprint density at radius 1 is 1.32 bits per heavy atom. The number of anilines is 1. The van der Waals surface area contributed by atoms with Gasteiger partial charge >= 0.3 is 0 Å². The first-order chi connectivity index (χ1) is 10.6. The van der Waals surface area contributed by atoms with Gasteiger partial charge in [-0.1, -0.05) is 6.07 Å². The maximum atomic E-state index is 12.3. The minimum Gasteiger partial charge on any atom is -0.497 e. The van der Waals surface area contributed by atoms with Crippen LogP contribution in [0.5, 0.6) is 5.75 Å². The summed E-state index contributed by atoms with van der Waals surface area (Å²) in [5, 5.41) is 8.08. The molecule has 0 spiro atoms. The first kappa shape index (κ1) is 14.1. The zero-order valence-electron chi connectivity index (χ0n) is 12.6. The summed E-state index contributed by atoms with van der Waals surface area (Å²) >= 11 is 0. The van der Waals surface area contributed by atoms with E-state index in [4.69, 9.17) is 4.74 Å². The molecule has 0 atom stereocenters. The highest BCUT2D eigenvalue weighted by atomic mass is 16.5. The average molecular weight is 296 g/mol. The molecule has 0 unspecified atom stereocenters. The Morgan fingerprint density at radius 3 is 2.91 bits per heavy atom. The Balaban J connectivity index is 1.89. The van der Waals surface area contributed by atoms with E-state index in [-0.39, 0.29) is 5.91 Å². The summed E-state index contributed by atoms with van der Waals surface area (Å²) in [5.41, 5.74) is 2.83. The Bertz CT molecular complexity index is 854. The van der Waals surface area contributed by atoms with Crippen molar-refractivity contribution in [2.75, 3.05) is 12.4 Å². The standard InChI is InChI=1S/C16H16N4O2/c1-10-14-8-12(9-17-15(14)20(2)19-10)18-16(21)11-5-4-6-13(7-11)22-3/h4-9H,1-3H3,(H,18,21). The number of hydrogen-bond donors (Lipinski definition) is 1. The van der Waals surface area contributed by atoms with Gasteiger partial charge in [-0.25, -0.2) is 4.98 Å². The molecule has 22 heavy (non-hydrogen) atoms. The van der Waals surface area contributed by atoms with Gasteiger partial charge in [-0.3, -0.25) is 9.48 Å². The van der Waals surface area contributed by atoms with Crippen LogP contribution in [0.25, 0.3) is 11.0 Å². The molecular formula is C16H16N4O2. The quantitative estimate of drug-likeness (QED) is 0.806. The van der Waals surface area contributed by atoms with Crippen molar-refractivity contribution in [2.24, 2.45) is 7.05 Å². The van der Waals surface area contributed by atoms with E-state index in [9.17, 15) is 4.79 Å². The number of hydrogen-bond acceptors (Lipinski definition) is 4. The summed E-state index contributed by atoms with van der Waals surface area (Å²) in [5.74, 6) is 0.436. The summed E-state index contributed by atoms with van der Waals surface area (Å²) in [6.45, 7) is 1.91. The highest BCUT2D eigenvalue weighted by Gasteiger charge is 2.10. The van der Waals surface area contributed by atoms with E-state index in [1.165, 1.54) is 0 Å². The molecule has 0 radical (unpaired) electrons. The van der Waals surface area contributed by atoms with E-state index in [1.807, 2.05) is 20.0 Å². The first-order valence-corrected chi connectivity index (χ1v) is 6.83. The van der Waals surface area contributed by atoms with Crippen LogP contribution in [-0.4, -0.2) is 27.8 Å². The molecule has 0 saturated carbocycles. The fraction of sp³-hybridized carbons (Fsp3) is 0.188. The summed E-state index contributed by atoms with van der Waals surface area (Å²) in [6, 6.07) is 8.88. The number of rotatable bonds is 3. The highest BCUT2D eigenvalue weighted by Crippen LogP contribution is 2.20. The molecule has 0 aliphatic carbocycles. The molecule has 6 heteroatoms. The molecule has 3 rings (SSSR count). The third-order valence-electron chi connectivity index (χ3n) is 3.45. The smallest absolute Gasteiger partial charge is 0.255 e. The Kier molecular flexibility index (Phi) is 3.50. The van der Waals surface area contributed by atoms with Crippen LogP contribution in [0.3, 0.4) is 0 Å². The van der Waals surface area contributed by atoms with Gasteiger partial charge < -0.3 is 10.1 Å². The minimum atomic E-state index is -0.207. The van der Waals surface area contributed by atoms with Gasteiger partial charge in [0.05, 0.1) is 24.7 Å². The average Bonchev–Trinajstić information content (AvgIpc) is 2.81. The largest absolute Gasteiger partial charge is 0.497 e. The van der Waals surface area contributed by atoms with E-state index < -0.39 is 0 Å². The Labute approximate surface area is 127 Å². The summed E-state index contributed by atoms with van der Waals surface area (Å²) in [4.78, 5) is 16.6. The lowest BCUT2D eigenvalue weighted by molar-refractivity contribution is 0.102. The van der Waals surface area contributed by atoms with Crippen molar-refractivity contribution in [3.8, 4) is 5.75 Å². The van der Waals surface area contributed by atoms with Crippen molar-refractivity contribution < 1.29 is 9.53 Å². The monoisotopic (exact) mass is 296 g/mol. The van der Waals surface area contributed by atoms with Crippen LogP contribution >= 0.6 is 0 Å². The fourth-order valence-electron chi connectivity index (χ4n) is 2.34. The van der Waals surface area contributed by atoms with Gasteiger partial charge in [0, 0.05) is 18.0 Å². The number of carbonyl (C=O) groups excluding carboxylic acids is 1. The van der Waals surface area contributed by atoms with Gasteiger partial charge in [0.25, 0.3) is 5.91 Å². The predicted molar refractivity (Wildman–Crippen MR) is 84.2 cm³/mol. The minimum absolute atomic E-state index is 0.207. The van der Waals surface area contributed by atoms with Crippen molar-refractivity contribution >= 4 is 22.6 Å². The number of nitrogens with zero attached hydrogens (tertiary/aromatic N) is 3. The van der Waals surface area contributed by atoms with E-state index >= 15 is 0 Å². The molecule has 3 aromatic rings. The number of aromatic nitrogens is 3. The number of amides is 1. The molecule has 0 aliphatic heterocycles. The highest BCUT2D eigenvalue weighted by molar-refractivity contribution is 6.05. The Hall–Kier alpha value is -2.89. The maximum Gasteiger partial charge on any atom is 0.255 e. The zero-order chi connectivity index (χ0) is 15.7. The van der Waals surface area contributed by atoms with Crippen molar-refractivity contribution in [3.63, 3.8) is 0 Å².